The van der Waals surface area contributed by atoms with Gasteiger partial charge in [-0.05, 0) is 18.6 Å². The topological polar surface area (TPSA) is 70.6 Å². The molecular formula is C12H16F3N3O. The lowest BCUT2D eigenvalue weighted by Crippen LogP contribution is -2.30. The Balaban J connectivity index is 2.59. The van der Waals surface area contributed by atoms with Crippen LogP contribution in [0, 0.1) is 0 Å². The van der Waals surface area contributed by atoms with Crippen LogP contribution in [0.3, 0.4) is 0 Å². The molecule has 1 aromatic rings. The van der Waals surface area contributed by atoms with Crippen LogP contribution in [0.25, 0.3) is 0 Å². The van der Waals surface area contributed by atoms with Crippen molar-refractivity contribution in [1.29, 1.82) is 0 Å². The molecule has 0 radical (unpaired) electrons. The second-order valence-corrected chi connectivity index (χ2v) is 4.28. The molecular weight excluding hydrogens is 259 g/mol. The van der Waals surface area contributed by atoms with Crippen molar-refractivity contribution in [2.45, 2.75) is 32.1 Å². The minimum absolute atomic E-state index is 0.0732. The molecule has 7 heteroatoms. The van der Waals surface area contributed by atoms with Crippen molar-refractivity contribution in [1.82, 2.24) is 5.32 Å². The van der Waals surface area contributed by atoms with Gasteiger partial charge in [0.05, 0.1) is 5.56 Å². The van der Waals surface area contributed by atoms with Gasteiger partial charge in [-0.1, -0.05) is 23.4 Å². The van der Waals surface area contributed by atoms with E-state index in [1.54, 1.807) is 13.0 Å². The van der Waals surface area contributed by atoms with Crippen LogP contribution < -0.4 is 11.1 Å². The molecule has 1 rings (SSSR count). The standard InChI is InChI=1S/C12H16F3N3O/c1-8(5-11(16)18-19)17-7-9-3-2-4-10(6-9)12(13,14)15/h2-4,6,8,17,19H,5,7H2,1H3,(H2,16,18). The third kappa shape index (κ3) is 5.17. The Morgan fingerprint density at radius 2 is 2.16 bits per heavy atom. The molecule has 0 aliphatic carbocycles. The third-order valence-electron chi connectivity index (χ3n) is 2.55. The SMILES string of the molecule is CC(CC(N)=NO)NCc1cccc(C(F)(F)F)c1. The minimum Gasteiger partial charge on any atom is -0.409 e. The Bertz CT molecular complexity index is 446. The molecule has 0 bridgehead atoms. The number of benzene rings is 1. The van der Waals surface area contributed by atoms with Crippen molar-refractivity contribution in [2.24, 2.45) is 10.9 Å². The highest BCUT2D eigenvalue weighted by Gasteiger charge is 2.30. The number of nitrogens with zero attached hydrogens (tertiary/aromatic N) is 1. The molecule has 0 aliphatic rings. The smallest absolute Gasteiger partial charge is 0.409 e. The molecule has 4 nitrogen and oxygen atoms in total. The number of nitrogens with two attached hydrogens (primary N) is 1. The lowest BCUT2D eigenvalue weighted by atomic mass is 10.1. The second kappa shape index (κ2) is 6.42. The van der Waals surface area contributed by atoms with E-state index in [9.17, 15) is 13.2 Å². The van der Waals surface area contributed by atoms with E-state index in [0.29, 0.717) is 12.0 Å². The van der Waals surface area contributed by atoms with Crippen molar-refractivity contribution in [3.8, 4) is 0 Å². The maximum absolute atomic E-state index is 12.5. The average molecular weight is 275 g/mol. The van der Waals surface area contributed by atoms with Gasteiger partial charge in [0.2, 0.25) is 0 Å². The summed E-state index contributed by atoms with van der Waals surface area (Å²) in [6.45, 7) is 2.08. The summed E-state index contributed by atoms with van der Waals surface area (Å²) in [5.41, 5.74) is 5.19. The van der Waals surface area contributed by atoms with E-state index in [4.69, 9.17) is 10.9 Å². The number of oxime groups is 1. The van der Waals surface area contributed by atoms with Crippen molar-refractivity contribution in [3.05, 3.63) is 35.4 Å². The van der Waals surface area contributed by atoms with Gasteiger partial charge >= 0.3 is 6.18 Å². The van der Waals surface area contributed by atoms with Crippen LogP contribution in [0.5, 0.6) is 0 Å². The predicted molar refractivity (Wildman–Crippen MR) is 65.8 cm³/mol. The average Bonchev–Trinajstić information content (AvgIpc) is 2.35. The summed E-state index contributed by atoms with van der Waals surface area (Å²) < 4.78 is 37.5. The first-order valence-electron chi connectivity index (χ1n) is 5.69. The van der Waals surface area contributed by atoms with Gasteiger partial charge < -0.3 is 16.3 Å². The van der Waals surface area contributed by atoms with E-state index >= 15 is 0 Å². The molecule has 19 heavy (non-hydrogen) atoms. The van der Waals surface area contributed by atoms with Crippen LogP contribution in [-0.4, -0.2) is 17.1 Å². The van der Waals surface area contributed by atoms with E-state index in [1.807, 2.05) is 0 Å². The summed E-state index contributed by atoms with van der Waals surface area (Å²) in [5.74, 6) is 0.0732. The molecule has 0 aliphatic heterocycles. The Labute approximate surface area is 109 Å². The van der Waals surface area contributed by atoms with Gasteiger partial charge in [0.1, 0.15) is 5.84 Å². The zero-order valence-electron chi connectivity index (χ0n) is 10.4. The molecule has 0 amide bonds. The molecule has 1 atom stereocenters. The number of nitrogens with one attached hydrogen (secondary N) is 1. The van der Waals surface area contributed by atoms with Crippen LogP contribution >= 0.6 is 0 Å². The first kappa shape index (κ1) is 15.3. The van der Waals surface area contributed by atoms with Crippen LogP contribution in [0.1, 0.15) is 24.5 Å². The monoisotopic (exact) mass is 275 g/mol. The molecule has 0 saturated heterocycles. The van der Waals surface area contributed by atoms with Crippen molar-refractivity contribution < 1.29 is 18.4 Å². The van der Waals surface area contributed by atoms with E-state index < -0.39 is 11.7 Å². The second-order valence-electron chi connectivity index (χ2n) is 4.28. The van der Waals surface area contributed by atoms with Gasteiger partial charge in [-0.2, -0.15) is 13.2 Å². The summed E-state index contributed by atoms with van der Waals surface area (Å²) in [5, 5.41) is 14.2. The van der Waals surface area contributed by atoms with Gasteiger partial charge in [0.25, 0.3) is 0 Å². The van der Waals surface area contributed by atoms with Crippen LogP contribution in [0.2, 0.25) is 0 Å². The van der Waals surface area contributed by atoms with E-state index in [-0.39, 0.29) is 18.4 Å². The minimum atomic E-state index is -4.34. The number of hydrogen-bond acceptors (Lipinski definition) is 3. The van der Waals surface area contributed by atoms with E-state index in [2.05, 4.69) is 10.5 Å². The van der Waals surface area contributed by atoms with Crippen LogP contribution in [0.4, 0.5) is 13.2 Å². The fraction of sp³-hybridized carbons (Fsp3) is 0.417. The Morgan fingerprint density at radius 1 is 1.47 bits per heavy atom. The summed E-state index contributed by atoms with van der Waals surface area (Å²) >= 11 is 0. The summed E-state index contributed by atoms with van der Waals surface area (Å²) in [6, 6.07) is 5.00. The maximum atomic E-state index is 12.5. The first-order valence-corrected chi connectivity index (χ1v) is 5.69. The molecule has 0 saturated carbocycles. The highest BCUT2D eigenvalue weighted by Crippen LogP contribution is 2.29. The number of hydrogen-bond donors (Lipinski definition) is 3. The van der Waals surface area contributed by atoms with Gasteiger partial charge in [-0.25, -0.2) is 0 Å². The Morgan fingerprint density at radius 3 is 2.74 bits per heavy atom. The molecule has 1 aromatic carbocycles. The van der Waals surface area contributed by atoms with Crippen molar-refractivity contribution >= 4 is 5.84 Å². The van der Waals surface area contributed by atoms with Gasteiger partial charge in [0, 0.05) is 19.0 Å². The Kier molecular flexibility index (Phi) is 5.17. The van der Waals surface area contributed by atoms with Gasteiger partial charge in [0.15, 0.2) is 0 Å². The molecule has 0 spiro atoms. The quantitative estimate of drug-likeness (QED) is 0.334. The molecule has 0 aromatic heterocycles. The fourth-order valence-electron chi connectivity index (χ4n) is 1.58. The molecule has 0 heterocycles. The number of halogens is 3. The molecule has 1 unspecified atom stereocenters. The van der Waals surface area contributed by atoms with Crippen molar-refractivity contribution in [3.63, 3.8) is 0 Å². The van der Waals surface area contributed by atoms with Crippen LogP contribution in [0.15, 0.2) is 29.4 Å². The third-order valence-corrected chi connectivity index (χ3v) is 2.55. The normalized spacial score (nSPS) is 14.4. The number of alkyl halides is 3. The summed E-state index contributed by atoms with van der Waals surface area (Å²) in [4.78, 5) is 0. The maximum Gasteiger partial charge on any atom is 0.416 e. The zero-order valence-corrected chi connectivity index (χ0v) is 10.4. The number of rotatable bonds is 5. The predicted octanol–water partition coefficient (Wildman–Crippen LogP) is 2.32. The van der Waals surface area contributed by atoms with Crippen LogP contribution in [-0.2, 0) is 12.7 Å². The molecule has 4 N–H and O–H groups in total. The van der Waals surface area contributed by atoms with Gasteiger partial charge in [-0.3, -0.25) is 0 Å². The largest absolute Gasteiger partial charge is 0.416 e. The number of amidine groups is 1. The fourth-order valence-corrected chi connectivity index (χ4v) is 1.58. The lowest BCUT2D eigenvalue weighted by molar-refractivity contribution is -0.137. The lowest BCUT2D eigenvalue weighted by Gasteiger charge is -2.14. The summed E-state index contributed by atoms with van der Waals surface area (Å²) in [7, 11) is 0. The van der Waals surface area contributed by atoms with Crippen molar-refractivity contribution in [2.75, 3.05) is 0 Å². The zero-order chi connectivity index (χ0) is 14.5. The van der Waals surface area contributed by atoms with E-state index in [0.717, 1.165) is 12.1 Å². The van der Waals surface area contributed by atoms with Gasteiger partial charge in [-0.15, -0.1) is 0 Å². The van der Waals surface area contributed by atoms with E-state index in [1.165, 1.54) is 6.07 Å². The highest BCUT2D eigenvalue weighted by atomic mass is 19.4. The summed E-state index contributed by atoms with van der Waals surface area (Å²) in [6.07, 6.45) is -4.02. The molecule has 106 valence electrons. The first-order chi connectivity index (χ1) is 8.82. The molecule has 0 fully saturated rings. The Hall–Kier alpha value is -1.76. The highest BCUT2D eigenvalue weighted by molar-refractivity contribution is 5.80.